The van der Waals surface area contributed by atoms with Gasteiger partial charge in [-0.1, -0.05) is 12.1 Å². The summed E-state index contributed by atoms with van der Waals surface area (Å²) < 4.78 is 5.63. The number of anilines is 1. The third kappa shape index (κ3) is 5.95. The maximum absolute atomic E-state index is 12.0. The van der Waals surface area contributed by atoms with Crippen molar-refractivity contribution in [3.05, 3.63) is 59.7 Å². The Hall–Kier alpha value is -2.82. The first-order valence-electron chi connectivity index (χ1n) is 8.27. The van der Waals surface area contributed by atoms with Gasteiger partial charge in [-0.25, -0.2) is 0 Å². The van der Waals surface area contributed by atoms with Crippen LogP contribution in [0.25, 0.3) is 0 Å². The maximum atomic E-state index is 12.0. The predicted molar refractivity (Wildman–Crippen MR) is 99.0 cm³/mol. The molecule has 0 aliphatic heterocycles. The molecule has 0 aromatic heterocycles. The van der Waals surface area contributed by atoms with Crippen molar-refractivity contribution in [3.63, 3.8) is 0 Å². The third-order valence-electron chi connectivity index (χ3n) is 3.63. The highest BCUT2D eigenvalue weighted by Gasteiger charge is 2.08. The lowest BCUT2D eigenvalue weighted by Crippen LogP contribution is -2.21. The second kappa shape index (κ2) is 8.87. The molecule has 0 heterocycles. The Balaban J connectivity index is 1.74. The molecule has 2 aromatic carbocycles. The van der Waals surface area contributed by atoms with Crippen molar-refractivity contribution in [1.29, 1.82) is 0 Å². The molecule has 0 fully saturated rings. The summed E-state index contributed by atoms with van der Waals surface area (Å²) in [4.78, 5) is 25.3. The van der Waals surface area contributed by atoms with Gasteiger partial charge in [-0.3, -0.25) is 9.59 Å². The molecule has 0 atom stereocenters. The summed E-state index contributed by atoms with van der Waals surface area (Å²) in [7, 11) is 3.41. The Morgan fingerprint density at radius 1 is 1.08 bits per heavy atom. The average Bonchev–Trinajstić information content (AvgIpc) is 2.59. The predicted octanol–water partition coefficient (Wildman–Crippen LogP) is 3.49. The van der Waals surface area contributed by atoms with E-state index in [1.54, 1.807) is 38.4 Å². The van der Waals surface area contributed by atoms with E-state index in [1.165, 1.54) is 4.90 Å². The fraction of sp³-hybridized carbons (Fsp3) is 0.300. The van der Waals surface area contributed by atoms with Crippen LogP contribution in [0.3, 0.4) is 0 Å². The number of carbonyl (C=O) groups is 2. The van der Waals surface area contributed by atoms with Gasteiger partial charge in [0.1, 0.15) is 5.75 Å². The summed E-state index contributed by atoms with van der Waals surface area (Å²) in [5.74, 6) is 0.687. The first-order valence-corrected chi connectivity index (χ1v) is 8.27. The van der Waals surface area contributed by atoms with Crippen LogP contribution >= 0.6 is 0 Å². The SMILES string of the molecule is Cc1cccc(OCCCC(=O)Nc2ccc(C(=O)N(C)C)cc2)c1. The summed E-state index contributed by atoms with van der Waals surface area (Å²) in [5, 5.41) is 2.83. The second-order valence-electron chi connectivity index (χ2n) is 6.09. The first-order chi connectivity index (χ1) is 12.0. The van der Waals surface area contributed by atoms with Gasteiger partial charge in [-0.15, -0.1) is 0 Å². The van der Waals surface area contributed by atoms with Crippen molar-refractivity contribution in [3.8, 4) is 5.75 Å². The number of hydrogen-bond donors (Lipinski definition) is 1. The highest BCUT2D eigenvalue weighted by Crippen LogP contribution is 2.14. The van der Waals surface area contributed by atoms with Gasteiger partial charge in [-0.2, -0.15) is 0 Å². The van der Waals surface area contributed by atoms with Crippen molar-refractivity contribution in [2.24, 2.45) is 0 Å². The molecule has 0 saturated carbocycles. The average molecular weight is 340 g/mol. The van der Waals surface area contributed by atoms with Crippen LogP contribution in [0.15, 0.2) is 48.5 Å². The number of nitrogens with one attached hydrogen (secondary N) is 1. The molecule has 0 radical (unpaired) electrons. The third-order valence-corrected chi connectivity index (χ3v) is 3.63. The van der Waals surface area contributed by atoms with E-state index in [0.717, 1.165) is 11.3 Å². The largest absolute Gasteiger partial charge is 0.494 e. The lowest BCUT2D eigenvalue weighted by molar-refractivity contribution is -0.116. The van der Waals surface area contributed by atoms with Crippen molar-refractivity contribution in [1.82, 2.24) is 4.90 Å². The zero-order chi connectivity index (χ0) is 18.2. The van der Waals surface area contributed by atoms with Crippen LogP contribution in [0.5, 0.6) is 5.75 Å². The minimum atomic E-state index is -0.0699. The molecule has 2 aromatic rings. The highest BCUT2D eigenvalue weighted by atomic mass is 16.5. The minimum Gasteiger partial charge on any atom is -0.494 e. The van der Waals surface area contributed by atoms with Gasteiger partial charge in [0.25, 0.3) is 5.91 Å². The van der Waals surface area contributed by atoms with E-state index >= 15 is 0 Å². The van der Waals surface area contributed by atoms with Crippen LogP contribution < -0.4 is 10.1 Å². The normalized spacial score (nSPS) is 10.2. The molecule has 5 nitrogen and oxygen atoms in total. The number of aryl methyl sites for hydroxylation is 1. The molecular weight excluding hydrogens is 316 g/mol. The van der Waals surface area contributed by atoms with Gasteiger partial charge in [0.15, 0.2) is 0 Å². The van der Waals surface area contributed by atoms with E-state index < -0.39 is 0 Å². The highest BCUT2D eigenvalue weighted by molar-refractivity contribution is 5.95. The van der Waals surface area contributed by atoms with E-state index in [4.69, 9.17) is 4.74 Å². The fourth-order valence-corrected chi connectivity index (χ4v) is 2.31. The van der Waals surface area contributed by atoms with Gasteiger partial charge >= 0.3 is 0 Å². The molecule has 0 bridgehead atoms. The van der Waals surface area contributed by atoms with Crippen molar-refractivity contribution in [2.45, 2.75) is 19.8 Å². The summed E-state index contributed by atoms with van der Waals surface area (Å²) >= 11 is 0. The summed E-state index contributed by atoms with van der Waals surface area (Å²) in [6.07, 6.45) is 1.02. The van der Waals surface area contributed by atoms with Crippen LogP contribution in [0.4, 0.5) is 5.69 Å². The molecular formula is C20H24N2O3. The Labute approximate surface area is 148 Å². The molecule has 1 N–H and O–H groups in total. The van der Waals surface area contributed by atoms with E-state index in [-0.39, 0.29) is 11.8 Å². The van der Waals surface area contributed by atoms with Crippen molar-refractivity contribution < 1.29 is 14.3 Å². The number of ether oxygens (including phenoxy) is 1. The number of nitrogens with zero attached hydrogens (tertiary/aromatic N) is 1. The van der Waals surface area contributed by atoms with Crippen LogP contribution in [0.1, 0.15) is 28.8 Å². The number of rotatable bonds is 7. The lowest BCUT2D eigenvalue weighted by Gasteiger charge is -2.11. The van der Waals surface area contributed by atoms with Crippen molar-refractivity contribution >= 4 is 17.5 Å². The zero-order valence-corrected chi connectivity index (χ0v) is 14.9. The summed E-state index contributed by atoms with van der Waals surface area (Å²) in [6, 6.07) is 14.7. The summed E-state index contributed by atoms with van der Waals surface area (Å²) in [6.45, 7) is 2.50. The summed E-state index contributed by atoms with van der Waals surface area (Å²) in [5.41, 5.74) is 2.42. The molecule has 5 heteroatoms. The molecule has 2 amide bonds. The number of carbonyl (C=O) groups excluding carboxylic acids is 2. The number of amides is 2. The molecule has 0 unspecified atom stereocenters. The molecule has 2 rings (SSSR count). The van der Waals surface area contributed by atoms with Gasteiger partial charge in [0.05, 0.1) is 6.61 Å². The Morgan fingerprint density at radius 2 is 1.80 bits per heavy atom. The lowest BCUT2D eigenvalue weighted by atomic mass is 10.2. The monoisotopic (exact) mass is 340 g/mol. The molecule has 132 valence electrons. The van der Waals surface area contributed by atoms with E-state index in [1.807, 2.05) is 31.2 Å². The van der Waals surface area contributed by atoms with Gasteiger partial charge in [0, 0.05) is 31.8 Å². The maximum Gasteiger partial charge on any atom is 0.253 e. The van der Waals surface area contributed by atoms with E-state index in [2.05, 4.69) is 5.32 Å². The number of hydrogen-bond acceptors (Lipinski definition) is 3. The van der Waals surface area contributed by atoms with E-state index in [0.29, 0.717) is 30.7 Å². The van der Waals surface area contributed by atoms with E-state index in [9.17, 15) is 9.59 Å². The molecule has 0 aliphatic rings. The topological polar surface area (TPSA) is 58.6 Å². The van der Waals surface area contributed by atoms with Crippen LogP contribution in [0.2, 0.25) is 0 Å². The Kier molecular flexibility index (Phi) is 6.57. The quantitative estimate of drug-likeness (QED) is 0.785. The van der Waals surface area contributed by atoms with Gasteiger partial charge < -0.3 is 15.0 Å². The molecule has 0 saturated heterocycles. The van der Waals surface area contributed by atoms with Crippen LogP contribution in [-0.2, 0) is 4.79 Å². The van der Waals surface area contributed by atoms with Crippen LogP contribution in [0, 0.1) is 6.92 Å². The molecule has 25 heavy (non-hydrogen) atoms. The smallest absolute Gasteiger partial charge is 0.253 e. The molecule has 0 spiro atoms. The first kappa shape index (κ1) is 18.5. The molecule has 0 aliphatic carbocycles. The standard InChI is InChI=1S/C20H24N2O3/c1-15-6-4-7-18(14-15)25-13-5-8-19(23)21-17-11-9-16(10-12-17)20(24)22(2)3/h4,6-7,9-12,14H,5,8,13H2,1-3H3,(H,21,23). The van der Waals surface area contributed by atoms with Crippen molar-refractivity contribution in [2.75, 3.05) is 26.0 Å². The van der Waals surface area contributed by atoms with Gasteiger partial charge in [-0.05, 0) is 55.3 Å². The number of benzene rings is 2. The van der Waals surface area contributed by atoms with Gasteiger partial charge in [0.2, 0.25) is 5.91 Å². The zero-order valence-electron chi connectivity index (χ0n) is 14.9. The minimum absolute atomic E-state index is 0.0637. The fourth-order valence-electron chi connectivity index (χ4n) is 2.31. The van der Waals surface area contributed by atoms with Crippen LogP contribution in [-0.4, -0.2) is 37.4 Å². The Bertz CT molecular complexity index is 724. The second-order valence-corrected chi connectivity index (χ2v) is 6.09. The Morgan fingerprint density at radius 3 is 2.44 bits per heavy atom.